The second kappa shape index (κ2) is 11.0. The molecule has 3 N–H and O–H groups in total. The first-order valence-corrected chi connectivity index (χ1v) is 9.48. The zero-order valence-electron chi connectivity index (χ0n) is 16.3. The SMILES string of the molecule is CCNC(=NCC1CC(=O)Nc2ccccc21)NCCn1cnnc1CC.I. The van der Waals surface area contributed by atoms with E-state index in [0.717, 1.165) is 49.1 Å². The summed E-state index contributed by atoms with van der Waals surface area (Å²) in [5.74, 6) is 1.87. The summed E-state index contributed by atoms with van der Waals surface area (Å²) in [7, 11) is 0. The standard InChI is InChI=1S/C19H27N7O.HI/c1-3-17-25-23-13-26(17)10-9-21-19(20-4-2)22-12-14-11-18(27)24-16-8-6-5-7-15(14)16;/h5-8,13-14H,3-4,9-12H2,1-2H3,(H,24,27)(H2,20,21,22);1H. The molecule has 1 aliphatic rings. The van der Waals surface area contributed by atoms with Crippen LogP contribution in [0.3, 0.4) is 0 Å². The van der Waals surface area contributed by atoms with Gasteiger partial charge in [-0.15, -0.1) is 34.2 Å². The number of amides is 1. The van der Waals surface area contributed by atoms with Crippen molar-refractivity contribution in [3.05, 3.63) is 42.0 Å². The average molecular weight is 497 g/mol. The molecule has 9 heteroatoms. The molecule has 1 amide bonds. The van der Waals surface area contributed by atoms with Crippen molar-refractivity contribution < 1.29 is 4.79 Å². The van der Waals surface area contributed by atoms with Crippen LogP contribution in [0.4, 0.5) is 5.69 Å². The maximum Gasteiger partial charge on any atom is 0.225 e. The number of guanidine groups is 1. The number of aryl methyl sites for hydroxylation is 1. The molecule has 1 unspecified atom stereocenters. The molecule has 1 aromatic carbocycles. The number of hydrogen-bond donors (Lipinski definition) is 3. The van der Waals surface area contributed by atoms with Crippen LogP contribution < -0.4 is 16.0 Å². The van der Waals surface area contributed by atoms with Crippen LogP contribution in [-0.2, 0) is 17.8 Å². The lowest BCUT2D eigenvalue weighted by Crippen LogP contribution is -2.39. The van der Waals surface area contributed by atoms with Crippen LogP contribution in [-0.4, -0.2) is 46.3 Å². The van der Waals surface area contributed by atoms with Gasteiger partial charge >= 0.3 is 0 Å². The minimum atomic E-state index is 0. The van der Waals surface area contributed by atoms with Crippen LogP contribution in [0.15, 0.2) is 35.6 Å². The van der Waals surface area contributed by atoms with Crippen LogP contribution in [0.2, 0.25) is 0 Å². The van der Waals surface area contributed by atoms with Crippen LogP contribution in [0.1, 0.15) is 37.6 Å². The Morgan fingerprint density at radius 3 is 2.93 bits per heavy atom. The molecule has 1 aliphatic heterocycles. The molecule has 28 heavy (non-hydrogen) atoms. The van der Waals surface area contributed by atoms with Gasteiger partial charge in [-0.25, -0.2) is 0 Å². The van der Waals surface area contributed by atoms with Gasteiger partial charge in [0.2, 0.25) is 5.91 Å². The highest BCUT2D eigenvalue weighted by atomic mass is 127. The molecule has 8 nitrogen and oxygen atoms in total. The van der Waals surface area contributed by atoms with Crippen molar-refractivity contribution in [3.8, 4) is 0 Å². The lowest BCUT2D eigenvalue weighted by Gasteiger charge is -2.24. The van der Waals surface area contributed by atoms with E-state index in [4.69, 9.17) is 4.99 Å². The zero-order valence-corrected chi connectivity index (χ0v) is 18.6. The summed E-state index contributed by atoms with van der Waals surface area (Å²) in [4.78, 5) is 16.7. The van der Waals surface area contributed by atoms with Crippen LogP contribution in [0.25, 0.3) is 0 Å². The maximum atomic E-state index is 12.0. The fourth-order valence-electron chi connectivity index (χ4n) is 3.24. The Morgan fingerprint density at radius 1 is 1.32 bits per heavy atom. The van der Waals surface area contributed by atoms with Crippen molar-refractivity contribution in [2.75, 3.05) is 25.0 Å². The van der Waals surface area contributed by atoms with Crippen molar-refractivity contribution in [1.29, 1.82) is 0 Å². The third kappa shape index (κ3) is 5.66. The molecule has 0 bridgehead atoms. The number of anilines is 1. The smallest absolute Gasteiger partial charge is 0.225 e. The number of carbonyl (C=O) groups is 1. The Bertz CT molecular complexity index is 805. The van der Waals surface area contributed by atoms with Crippen LogP contribution in [0.5, 0.6) is 0 Å². The zero-order chi connectivity index (χ0) is 19.1. The number of nitrogens with one attached hydrogen (secondary N) is 3. The predicted octanol–water partition coefficient (Wildman–Crippen LogP) is 2.14. The Hall–Kier alpha value is -2.17. The van der Waals surface area contributed by atoms with E-state index in [1.54, 1.807) is 6.33 Å². The van der Waals surface area contributed by atoms with E-state index in [9.17, 15) is 4.79 Å². The van der Waals surface area contributed by atoms with Gasteiger partial charge in [0.25, 0.3) is 0 Å². The second-order valence-electron chi connectivity index (χ2n) is 6.48. The third-order valence-electron chi connectivity index (χ3n) is 4.58. The molecule has 0 saturated carbocycles. The fraction of sp³-hybridized carbons (Fsp3) is 0.474. The predicted molar refractivity (Wildman–Crippen MR) is 121 cm³/mol. The van der Waals surface area contributed by atoms with Crippen molar-refractivity contribution in [3.63, 3.8) is 0 Å². The molecule has 1 atom stereocenters. The Morgan fingerprint density at radius 2 is 2.14 bits per heavy atom. The van der Waals surface area contributed by atoms with Crippen molar-refractivity contribution in [2.24, 2.45) is 4.99 Å². The Balaban J connectivity index is 0.00000280. The van der Waals surface area contributed by atoms with E-state index in [0.29, 0.717) is 13.0 Å². The van der Waals surface area contributed by atoms with E-state index in [1.807, 2.05) is 29.7 Å². The number of rotatable bonds is 7. The molecule has 0 aliphatic carbocycles. The number of fused-ring (bicyclic) bond motifs is 1. The number of halogens is 1. The van der Waals surface area contributed by atoms with Gasteiger partial charge in [-0.3, -0.25) is 9.79 Å². The summed E-state index contributed by atoms with van der Waals surface area (Å²) in [5.41, 5.74) is 2.04. The lowest BCUT2D eigenvalue weighted by atomic mass is 9.91. The van der Waals surface area contributed by atoms with Gasteiger partial charge in [-0.2, -0.15) is 0 Å². The molecule has 2 heterocycles. The molecule has 152 valence electrons. The fourth-order valence-corrected chi connectivity index (χ4v) is 3.24. The van der Waals surface area contributed by atoms with Crippen molar-refractivity contribution in [2.45, 2.75) is 39.2 Å². The highest BCUT2D eigenvalue weighted by Gasteiger charge is 2.24. The van der Waals surface area contributed by atoms with E-state index in [-0.39, 0.29) is 35.8 Å². The first kappa shape index (κ1) is 22.1. The molecule has 3 rings (SSSR count). The van der Waals surface area contributed by atoms with Crippen molar-refractivity contribution in [1.82, 2.24) is 25.4 Å². The summed E-state index contributed by atoms with van der Waals surface area (Å²) in [6.07, 6.45) is 3.07. The van der Waals surface area contributed by atoms with Gasteiger partial charge in [0.1, 0.15) is 12.2 Å². The first-order valence-electron chi connectivity index (χ1n) is 9.48. The largest absolute Gasteiger partial charge is 0.357 e. The molecule has 0 spiro atoms. The molecular formula is C19H28IN7O. The summed E-state index contributed by atoms with van der Waals surface area (Å²) in [5, 5.41) is 17.6. The van der Waals surface area contributed by atoms with Gasteiger partial charge in [0.05, 0.1) is 6.54 Å². The number of aromatic nitrogens is 3. The highest BCUT2D eigenvalue weighted by molar-refractivity contribution is 14.0. The number of aliphatic imine (C=N–C) groups is 1. The number of para-hydroxylation sites is 1. The lowest BCUT2D eigenvalue weighted by molar-refractivity contribution is -0.116. The topological polar surface area (TPSA) is 96.2 Å². The summed E-state index contributed by atoms with van der Waals surface area (Å²) < 4.78 is 2.04. The van der Waals surface area contributed by atoms with Crippen LogP contribution in [0, 0.1) is 0 Å². The second-order valence-corrected chi connectivity index (χ2v) is 6.48. The third-order valence-corrected chi connectivity index (χ3v) is 4.58. The minimum Gasteiger partial charge on any atom is -0.357 e. The number of nitrogens with zero attached hydrogens (tertiary/aromatic N) is 4. The number of hydrogen-bond acceptors (Lipinski definition) is 4. The monoisotopic (exact) mass is 497 g/mol. The molecule has 0 saturated heterocycles. The quantitative estimate of drug-likeness (QED) is 0.310. The average Bonchev–Trinajstić information content (AvgIpc) is 3.13. The van der Waals surface area contributed by atoms with E-state index in [1.165, 1.54) is 0 Å². The minimum absolute atomic E-state index is 0. The number of carbonyl (C=O) groups excluding carboxylic acids is 1. The maximum absolute atomic E-state index is 12.0. The molecule has 0 radical (unpaired) electrons. The van der Waals surface area contributed by atoms with E-state index >= 15 is 0 Å². The Labute approximate surface area is 182 Å². The molecule has 0 fully saturated rings. The van der Waals surface area contributed by atoms with Gasteiger partial charge < -0.3 is 20.5 Å². The number of benzene rings is 1. The van der Waals surface area contributed by atoms with Crippen LogP contribution >= 0.6 is 24.0 Å². The first-order chi connectivity index (χ1) is 13.2. The summed E-state index contributed by atoms with van der Waals surface area (Å²) >= 11 is 0. The summed E-state index contributed by atoms with van der Waals surface area (Å²) in [6.45, 7) is 6.94. The van der Waals surface area contributed by atoms with Gasteiger partial charge in [0, 0.05) is 44.1 Å². The van der Waals surface area contributed by atoms with Crippen molar-refractivity contribution >= 4 is 41.5 Å². The van der Waals surface area contributed by atoms with E-state index < -0.39 is 0 Å². The molecule has 2 aromatic rings. The Kier molecular flexibility index (Phi) is 8.68. The van der Waals surface area contributed by atoms with E-state index in [2.05, 4.69) is 39.1 Å². The van der Waals surface area contributed by atoms with Gasteiger partial charge in [0.15, 0.2) is 5.96 Å². The summed E-state index contributed by atoms with van der Waals surface area (Å²) in [6, 6.07) is 7.94. The van der Waals surface area contributed by atoms with Gasteiger partial charge in [-0.1, -0.05) is 25.1 Å². The van der Waals surface area contributed by atoms with Gasteiger partial charge in [-0.05, 0) is 18.6 Å². The molecular weight excluding hydrogens is 469 g/mol. The highest BCUT2D eigenvalue weighted by Crippen LogP contribution is 2.31. The molecule has 1 aromatic heterocycles. The normalized spacial score (nSPS) is 16.0.